The number of hydrogen-bond donors (Lipinski definition) is 5. The zero-order valence-electron chi connectivity index (χ0n) is 33.4. The summed E-state index contributed by atoms with van der Waals surface area (Å²) in [6, 6.07) is 0. The zero-order valence-corrected chi connectivity index (χ0v) is 33.4. The van der Waals surface area contributed by atoms with E-state index in [9.17, 15) is 39.9 Å². The quantitative estimate of drug-likeness (QED) is 0.166. The van der Waals surface area contributed by atoms with Gasteiger partial charge in [0.25, 0.3) is 0 Å². The van der Waals surface area contributed by atoms with Crippen LogP contribution in [0, 0.1) is 56.2 Å². The number of aliphatic hydroxyl groups excluding tert-OH is 3. The summed E-state index contributed by atoms with van der Waals surface area (Å²) in [5.41, 5.74) is -2.75. The first-order valence-corrected chi connectivity index (χ1v) is 20.8. The Morgan fingerprint density at radius 3 is 2.13 bits per heavy atom. The molecule has 5 aliphatic carbocycles. The van der Waals surface area contributed by atoms with Crippen molar-refractivity contribution in [3.05, 3.63) is 0 Å². The van der Waals surface area contributed by atoms with E-state index in [1.54, 1.807) is 6.92 Å². The van der Waals surface area contributed by atoms with Gasteiger partial charge in [-0.15, -0.1) is 0 Å². The number of ether oxygens (including phenoxy) is 4. The van der Waals surface area contributed by atoms with Crippen LogP contribution in [0.4, 0.5) is 0 Å². The van der Waals surface area contributed by atoms with Crippen molar-refractivity contribution in [2.24, 2.45) is 56.2 Å². The number of rotatable bonds is 7. The van der Waals surface area contributed by atoms with Crippen molar-refractivity contribution in [2.45, 2.75) is 187 Å². The molecule has 12 nitrogen and oxygen atoms in total. The van der Waals surface area contributed by atoms with E-state index in [1.165, 1.54) is 0 Å². The number of aliphatic carboxylic acids is 2. The maximum absolute atomic E-state index is 13.5. The van der Waals surface area contributed by atoms with E-state index in [1.807, 2.05) is 6.92 Å². The third-order valence-corrected chi connectivity index (χ3v) is 17.4. The molecule has 18 unspecified atom stereocenters. The van der Waals surface area contributed by atoms with Crippen LogP contribution in [0.2, 0.25) is 0 Å². The number of carbonyl (C=O) groups is 3. The second kappa shape index (κ2) is 13.7. The second-order valence-corrected chi connectivity index (χ2v) is 20.5. The molecule has 0 bridgehead atoms. The molecule has 5 saturated carbocycles. The lowest BCUT2D eigenvalue weighted by molar-refractivity contribution is -0.339. The summed E-state index contributed by atoms with van der Waals surface area (Å²) in [5, 5.41) is 53.7. The van der Waals surface area contributed by atoms with Crippen LogP contribution in [0.5, 0.6) is 0 Å². The molecule has 0 aromatic carbocycles. The predicted octanol–water partition coefficient (Wildman–Crippen LogP) is 5.32. The Balaban J connectivity index is 1.15. The largest absolute Gasteiger partial charge is 0.481 e. The van der Waals surface area contributed by atoms with Gasteiger partial charge in [0.05, 0.1) is 35.2 Å². The minimum absolute atomic E-state index is 0.00657. The number of aliphatic hydroxyl groups is 3. The minimum Gasteiger partial charge on any atom is -0.481 e. The highest BCUT2D eigenvalue weighted by atomic mass is 16.7. The first-order chi connectivity index (χ1) is 25.2. The summed E-state index contributed by atoms with van der Waals surface area (Å²) in [5.74, 6) is -1.70. The molecular formula is C42H66O12. The molecule has 7 aliphatic rings. The molecule has 18 atom stereocenters. The lowest BCUT2D eigenvalue weighted by Crippen LogP contribution is -2.70. The van der Waals surface area contributed by atoms with Crippen LogP contribution in [-0.2, 0) is 33.3 Å². The molecule has 0 spiro atoms. The van der Waals surface area contributed by atoms with E-state index in [4.69, 9.17) is 18.9 Å². The van der Waals surface area contributed by atoms with Gasteiger partial charge in [0.2, 0.25) is 0 Å². The lowest BCUT2D eigenvalue weighted by atomic mass is 9.31. The summed E-state index contributed by atoms with van der Waals surface area (Å²) in [6.45, 7) is 15.3. The van der Waals surface area contributed by atoms with Crippen molar-refractivity contribution in [3.8, 4) is 0 Å². The van der Waals surface area contributed by atoms with E-state index >= 15 is 0 Å². The van der Waals surface area contributed by atoms with Crippen LogP contribution in [0.25, 0.3) is 0 Å². The van der Waals surface area contributed by atoms with Crippen LogP contribution in [0.15, 0.2) is 0 Å². The van der Waals surface area contributed by atoms with Crippen molar-refractivity contribution < 1.29 is 58.9 Å². The van der Waals surface area contributed by atoms with Gasteiger partial charge in [0, 0.05) is 6.42 Å². The van der Waals surface area contributed by atoms with Crippen molar-refractivity contribution in [1.29, 1.82) is 0 Å². The van der Waals surface area contributed by atoms with E-state index in [0.29, 0.717) is 19.3 Å². The molecule has 12 heteroatoms. The molecule has 0 aromatic heterocycles. The molecule has 0 radical (unpaired) electrons. The Hall–Kier alpha value is -1.67. The highest BCUT2D eigenvalue weighted by molar-refractivity contribution is 5.76. The average molecular weight is 763 g/mol. The second-order valence-electron chi connectivity index (χ2n) is 20.5. The third-order valence-electron chi connectivity index (χ3n) is 17.4. The summed E-state index contributed by atoms with van der Waals surface area (Å²) in [6.07, 6.45) is 0.599. The Morgan fingerprint density at radius 2 is 1.46 bits per heavy atom. The lowest BCUT2D eigenvalue weighted by Gasteiger charge is -2.73. The highest BCUT2D eigenvalue weighted by Crippen LogP contribution is 2.77. The van der Waals surface area contributed by atoms with Crippen LogP contribution in [0.1, 0.15) is 132 Å². The average Bonchev–Trinajstić information content (AvgIpc) is 3.08. The molecule has 0 aromatic rings. The van der Waals surface area contributed by atoms with Gasteiger partial charge >= 0.3 is 11.9 Å². The first-order valence-electron chi connectivity index (χ1n) is 20.8. The monoisotopic (exact) mass is 762 g/mol. The molecule has 2 aliphatic heterocycles. The summed E-state index contributed by atoms with van der Waals surface area (Å²) >= 11 is 0. The zero-order chi connectivity index (χ0) is 39.4. The number of aldehydes is 1. The molecule has 7 rings (SSSR count). The third kappa shape index (κ3) is 5.96. The number of carbonyl (C=O) groups excluding carboxylic acids is 1. The van der Waals surface area contributed by atoms with Crippen LogP contribution in [0.3, 0.4) is 0 Å². The first kappa shape index (κ1) is 40.5. The standard InChI is InChI=1S/C42H66O12/c1-22-18-25(44)32(46)35(51-22)53-27-10-9-26(33(47)48)52-34(27)54-31-13-14-38(4)28(39(31,5)21-43)12-15-40(6)29(38)11-8-23-24-19-37(2,3)16-17-42(24,36(49)50)30(45)20-41(23,40)7/h21-32,34-35,44-46H,8-20H2,1-7H3,(H,47,48)(H,49,50). The normalized spacial score (nSPS) is 54.2. The molecule has 7 fully saturated rings. The van der Waals surface area contributed by atoms with Gasteiger partial charge < -0.3 is 49.3 Å². The van der Waals surface area contributed by atoms with E-state index in [-0.39, 0.29) is 70.7 Å². The van der Waals surface area contributed by atoms with Gasteiger partial charge in [-0.3, -0.25) is 4.79 Å². The van der Waals surface area contributed by atoms with Crippen LogP contribution < -0.4 is 0 Å². The molecule has 2 heterocycles. The number of carboxylic acid groups (broad SMARTS) is 2. The van der Waals surface area contributed by atoms with Crippen LogP contribution >= 0.6 is 0 Å². The molecule has 2 saturated heterocycles. The van der Waals surface area contributed by atoms with Crippen molar-refractivity contribution in [2.75, 3.05) is 0 Å². The summed E-state index contributed by atoms with van der Waals surface area (Å²) < 4.78 is 24.8. The van der Waals surface area contributed by atoms with E-state index in [0.717, 1.165) is 51.2 Å². The SMILES string of the molecule is CC1CC(O)C(O)C(OC2CCC(C(=O)O)OC2OC2CCC3(C)C(CCC4(C)C3CCC3C5CC(C)(C)CCC5(C(=O)O)C(O)CC34C)C2(C)C=O)O1. The Bertz CT molecular complexity index is 1470. The summed E-state index contributed by atoms with van der Waals surface area (Å²) in [4.78, 5) is 38.7. The molecule has 5 N–H and O–H groups in total. The molecule has 306 valence electrons. The molecular weight excluding hydrogens is 696 g/mol. The van der Waals surface area contributed by atoms with Crippen molar-refractivity contribution >= 4 is 18.2 Å². The maximum atomic E-state index is 13.5. The van der Waals surface area contributed by atoms with Crippen molar-refractivity contribution in [3.63, 3.8) is 0 Å². The van der Waals surface area contributed by atoms with Gasteiger partial charge in [-0.05, 0) is 129 Å². The topological polar surface area (TPSA) is 189 Å². The Morgan fingerprint density at radius 1 is 0.741 bits per heavy atom. The Labute approximate surface area is 320 Å². The number of hydrogen-bond acceptors (Lipinski definition) is 10. The van der Waals surface area contributed by atoms with Gasteiger partial charge in [-0.25, -0.2) is 4.79 Å². The fourth-order valence-electron chi connectivity index (χ4n) is 14.3. The van der Waals surface area contributed by atoms with Gasteiger partial charge in [-0.1, -0.05) is 41.5 Å². The summed E-state index contributed by atoms with van der Waals surface area (Å²) in [7, 11) is 0. The fraction of sp³-hybridized carbons (Fsp3) is 0.929. The van der Waals surface area contributed by atoms with Crippen LogP contribution in [-0.4, -0.2) is 99.1 Å². The Kier molecular flexibility index (Phi) is 10.3. The van der Waals surface area contributed by atoms with E-state index < -0.39 is 72.0 Å². The molecule has 0 amide bonds. The van der Waals surface area contributed by atoms with Gasteiger partial charge in [0.1, 0.15) is 18.5 Å². The molecule has 54 heavy (non-hydrogen) atoms. The maximum Gasteiger partial charge on any atom is 0.332 e. The number of carboxylic acids is 2. The highest BCUT2D eigenvalue weighted by Gasteiger charge is 2.73. The smallest absolute Gasteiger partial charge is 0.332 e. The minimum atomic E-state index is -1.29. The van der Waals surface area contributed by atoms with Crippen molar-refractivity contribution in [1.82, 2.24) is 0 Å². The van der Waals surface area contributed by atoms with Gasteiger partial charge in [0.15, 0.2) is 18.7 Å². The number of fused-ring (bicyclic) bond motifs is 7. The van der Waals surface area contributed by atoms with E-state index in [2.05, 4.69) is 34.6 Å². The van der Waals surface area contributed by atoms with Gasteiger partial charge in [-0.2, -0.15) is 0 Å². The predicted molar refractivity (Wildman–Crippen MR) is 195 cm³/mol. The fourth-order valence-corrected chi connectivity index (χ4v) is 14.3.